The van der Waals surface area contributed by atoms with E-state index in [0.717, 1.165) is 10.8 Å². The Balaban J connectivity index is 1.39. The molecule has 0 spiro atoms. The molecule has 0 aliphatic rings. The van der Waals surface area contributed by atoms with Gasteiger partial charge in [-0.2, -0.15) is 0 Å². The standard InChI is InChI=1S/C42H28N2/c1-2-12-29(13-3-1)30-14-10-15-31(26-30)32-16-11-17-33(27-32)43-41-23-9-6-20-37(41)38-28-34(24-25-42(38)43)44-39-21-7-4-18-35(39)36-19-5-8-22-40(36)44/h1-28H/i1D,2D,3D,6D,9D,10D,12D,13D,14D,15D,20D,23D,24D,25D,26D,28D. The summed E-state index contributed by atoms with van der Waals surface area (Å²) in [5.41, 5.74) is 0.224. The Bertz CT molecular complexity index is 3320. The second-order valence-electron chi connectivity index (χ2n) is 10.2. The van der Waals surface area contributed by atoms with Crippen LogP contribution in [-0.2, 0) is 0 Å². The number of nitrogens with zero attached hydrogens (tertiary/aromatic N) is 2. The van der Waals surface area contributed by atoms with Gasteiger partial charge in [0, 0.05) is 32.9 Å². The third-order valence-electron chi connectivity index (χ3n) is 7.72. The van der Waals surface area contributed by atoms with E-state index < -0.39 is 95.7 Å². The average molecular weight is 577 g/mol. The van der Waals surface area contributed by atoms with Gasteiger partial charge in [0.2, 0.25) is 0 Å². The van der Waals surface area contributed by atoms with Gasteiger partial charge in [0.05, 0.1) is 44.0 Å². The predicted molar refractivity (Wildman–Crippen MR) is 186 cm³/mol. The summed E-state index contributed by atoms with van der Waals surface area (Å²) in [6.45, 7) is 0. The van der Waals surface area contributed by atoms with Gasteiger partial charge in [-0.15, -0.1) is 0 Å². The fourth-order valence-corrected chi connectivity index (χ4v) is 5.83. The zero-order chi connectivity index (χ0) is 43.0. The maximum Gasteiger partial charge on any atom is 0.0652 e. The maximum atomic E-state index is 9.77. The lowest BCUT2D eigenvalue weighted by Gasteiger charge is -2.12. The Morgan fingerprint density at radius 3 is 1.80 bits per heavy atom. The maximum absolute atomic E-state index is 9.77. The molecule has 0 bridgehead atoms. The highest BCUT2D eigenvalue weighted by Crippen LogP contribution is 2.37. The van der Waals surface area contributed by atoms with Crippen molar-refractivity contribution in [1.29, 1.82) is 0 Å². The number of hydrogen-bond acceptors (Lipinski definition) is 0. The van der Waals surface area contributed by atoms with Gasteiger partial charge in [0.1, 0.15) is 0 Å². The van der Waals surface area contributed by atoms with E-state index in [0.29, 0.717) is 11.0 Å². The summed E-state index contributed by atoms with van der Waals surface area (Å²) in [6.07, 6.45) is 0. The Morgan fingerprint density at radius 2 is 1.00 bits per heavy atom. The number of hydrogen-bond donors (Lipinski definition) is 0. The first-order valence-corrected chi connectivity index (χ1v) is 13.8. The Labute approximate surface area is 278 Å². The van der Waals surface area contributed by atoms with Crippen LogP contribution < -0.4 is 0 Å². The molecular weight excluding hydrogens is 532 g/mol. The van der Waals surface area contributed by atoms with E-state index >= 15 is 0 Å². The highest BCUT2D eigenvalue weighted by Gasteiger charge is 2.16. The van der Waals surface area contributed by atoms with Crippen molar-refractivity contribution in [3.05, 3.63) is 169 Å². The van der Waals surface area contributed by atoms with Gasteiger partial charge in [-0.1, -0.05) is 115 Å². The summed E-state index contributed by atoms with van der Waals surface area (Å²) in [4.78, 5) is 0. The van der Waals surface area contributed by atoms with E-state index in [4.69, 9.17) is 16.4 Å². The van der Waals surface area contributed by atoms with Crippen molar-refractivity contribution in [3.8, 4) is 33.6 Å². The smallest absolute Gasteiger partial charge is 0.0652 e. The van der Waals surface area contributed by atoms with Crippen molar-refractivity contribution in [2.45, 2.75) is 0 Å². The molecular formula is C42H28N2. The molecule has 0 aliphatic heterocycles. The second-order valence-corrected chi connectivity index (χ2v) is 10.2. The normalized spacial score (nSPS) is 16.7. The van der Waals surface area contributed by atoms with Crippen molar-refractivity contribution in [3.63, 3.8) is 0 Å². The first-order chi connectivity index (χ1) is 28.5. The monoisotopic (exact) mass is 576 g/mol. The van der Waals surface area contributed by atoms with Crippen molar-refractivity contribution >= 4 is 43.6 Å². The number of rotatable bonds is 4. The summed E-state index contributed by atoms with van der Waals surface area (Å²) < 4.78 is 144. The van der Waals surface area contributed by atoms with Crippen LogP contribution in [0.5, 0.6) is 0 Å². The minimum absolute atomic E-state index is 0.0156. The van der Waals surface area contributed by atoms with Crippen LogP contribution in [0.25, 0.3) is 77.2 Å². The van der Waals surface area contributed by atoms with Crippen molar-refractivity contribution in [1.82, 2.24) is 9.13 Å². The fraction of sp³-hybridized carbons (Fsp3) is 0. The predicted octanol–water partition coefficient (Wildman–Crippen LogP) is 11.2. The third-order valence-corrected chi connectivity index (χ3v) is 7.72. The van der Waals surface area contributed by atoms with Gasteiger partial charge in [0.25, 0.3) is 0 Å². The van der Waals surface area contributed by atoms with E-state index in [1.807, 2.05) is 48.5 Å². The molecule has 0 fully saturated rings. The summed E-state index contributed by atoms with van der Waals surface area (Å²) >= 11 is 0. The summed E-state index contributed by atoms with van der Waals surface area (Å²) in [5, 5.41) is 1.59. The van der Waals surface area contributed by atoms with Gasteiger partial charge in [-0.25, -0.2) is 0 Å². The molecule has 7 aromatic carbocycles. The molecule has 0 atom stereocenters. The molecule has 0 radical (unpaired) electrons. The first-order valence-electron chi connectivity index (χ1n) is 21.8. The fourth-order valence-electron chi connectivity index (χ4n) is 5.83. The average Bonchev–Trinajstić information content (AvgIpc) is 3.78. The van der Waals surface area contributed by atoms with Crippen LogP contribution in [0, 0.1) is 0 Å². The molecule has 206 valence electrons. The number of fused-ring (bicyclic) bond motifs is 6. The van der Waals surface area contributed by atoms with Crippen LogP contribution in [0.3, 0.4) is 0 Å². The van der Waals surface area contributed by atoms with Crippen LogP contribution in [0.2, 0.25) is 0 Å². The molecule has 2 heterocycles. The lowest BCUT2D eigenvalue weighted by Crippen LogP contribution is -1.96. The highest BCUT2D eigenvalue weighted by atomic mass is 15.0. The summed E-state index contributed by atoms with van der Waals surface area (Å²) in [5.74, 6) is 0. The molecule has 9 aromatic rings. The Hall–Kier alpha value is -5.86. The third kappa shape index (κ3) is 3.82. The van der Waals surface area contributed by atoms with Crippen molar-refractivity contribution in [2.24, 2.45) is 0 Å². The molecule has 0 saturated carbocycles. The topological polar surface area (TPSA) is 9.86 Å². The zero-order valence-electron chi connectivity index (χ0n) is 38.8. The van der Waals surface area contributed by atoms with Gasteiger partial charge in [0.15, 0.2) is 0 Å². The molecule has 2 heteroatoms. The zero-order valence-corrected chi connectivity index (χ0v) is 22.8. The van der Waals surface area contributed by atoms with Crippen LogP contribution in [0.1, 0.15) is 21.9 Å². The molecule has 0 unspecified atom stereocenters. The number of benzene rings is 7. The Kier molecular flexibility index (Phi) is 3.05. The Morgan fingerprint density at radius 1 is 0.364 bits per heavy atom. The van der Waals surface area contributed by atoms with Crippen LogP contribution in [-0.4, -0.2) is 9.13 Å². The van der Waals surface area contributed by atoms with E-state index in [1.165, 1.54) is 22.8 Å². The van der Waals surface area contributed by atoms with Crippen LogP contribution >= 0.6 is 0 Å². The number of aromatic nitrogens is 2. The molecule has 0 aliphatic carbocycles. The molecule has 0 saturated heterocycles. The number of para-hydroxylation sites is 3. The van der Waals surface area contributed by atoms with E-state index in [2.05, 4.69) is 0 Å². The minimum Gasteiger partial charge on any atom is -0.309 e. The summed E-state index contributed by atoms with van der Waals surface area (Å²) in [7, 11) is 0. The second kappa shape index (κ2) is 9.86. The van der Waals surface area contributed by atoms with Gasteiger partial charge in [-0.3, -0.25) is 0 Å². The van der Waals surface area contributed by atoms with Crippen molar-refractivity contribution < 1.29 is 21.9 Å². The molecule has 2 nitrogen and oxygen atoms in total. The van der Waals surface area contributed by atoms with E-state index in [-0.39, 0.29) is 56.4 Å². The van der Waals surface area contributed by atoms with Gasteiger partial charge >= 0.3 is 0 Å². The molecule has 2 aromatic heterocycles. The lowest BCUT2D eigenvalue weighted by molar-refractivity contribution is 1.17. The minimum atomic E-state index is -0.708. The van der Waals surface area contributed by atoms with Crippen LogP contribution in [0.4, 0.5) is 0 Å². The largest absolute Gasteiger partial charge is 0.309 e. The summed E-state index contributed by atoms with van der Waals surface area (Å²) in [6, 6.07) is 11.7. The SMILES string of the molecule is [2H]c1c([2H])c([2H])c(-c2c([2H])c([2H])c([2H])c(-c3cccc(-n4c5c([2H])c([2H])c([2H])c([2H])c5c5c([2H])c(-n6c7ccccc7c7ccccc76)c([2H])c([2H])c54)c3)c2[2H])c([2H])c1[2H]. The van der Waals surface area contributed by atoms with Crippen LogP contribution in [0.15, 0.2) is 169 Å². The van der Waals surface area contributed by atoms with Gasteiger partial charge < -0.3 is 9.13 Å². The van der Waals surface area contributed by atoms with Crippen molar-refractivity contribution in [2.75, 3.05) is 0 Å². The van der Waals surface area contributed by atoms with Gasteiger partial charge in [-0.05, 0) is 76.7 Å². The quantitative estimate of drug-likeness (QED) is 0.197. The highest BCUT2D eigenvalue weighted by molar-refractivity contribution is 6.12. The van der Waals surface area contributed by atoms with E-state index in [1.54, 1.807) is 10.6 Å². The first kappa shape index (κ1) is 13.6. The molecule has 44 heavy (non-hydrogen) atoms. The van der Waals surface area contributed by atoms with E-state index in [9.17, 15) is 5.48 Å². The molecule has 0 N–H and O–H groups in total. The lowest BCUT2D eigenvalue weighted by atomic mass is 9.99. The molecule has 9 rings (SSSR count). The molecule has 0 amide bonds.